The first-order valence-electron chi connectivity index (χ1n) is 7.29. The minimum Gasteiger partial charge on any atom is -0.465 e. The Morgan fingerprint density at radius 3 is 2.58 bits per heavy atom. The average Bonchev–Trinajstić information content (AvgIpc) is 2.97. The van der Waals surface area contributed by atoms with E-state index in [1.54, 1.807) is 24.3 Å². The van der Waals surface area contributed by atoms with Crippen molar-refractivity contribution < 1.29 is 14.3 Å². The highest BCUT2D eigenvalue weighted by atomic mass is 79.9. The largest absolute Gasteiger partial charge is 0.465 e. The number of nitrogens with one attached hydrogen (secondary N) is 1. The lowest BCUT2D eigenvalue weighted by molar-refractivity contribution is -0.116. The predicted molar refractivity (Wildman–Crippen MR) is 96.0 cm³/mol. The Kier molecular flexibility index (Phi) is 4.66. The molecule has 24 heavy (non-hydrogen) atoms. The smallest absolute Gasteiger partial charge is 0.337 e. The molecule has 1 aromatic heterocycles. The number of carbonyl (C=O) groups excluding carboxylic acids is 2. The molecule has 0 aliphatic carbocycles. The van der Waals surface area contributed by atoms with Crippen molar-refractivity contribution in [2.24, 2.45) is 0 Å². The van der Waals surface area contributed by atoms with Crippen LogP contribution in [0.3, 0.4) is 0 Å². The maximum atomic E-state index is 12.2. The molecule has 1 amide bonds. The summed E-state index contributed by atoms with van der Waals surface area (Å²) in [7, 11) is 1.33. The van der Waals surface area contributed by atoms with E-state index in [1.807, 2.05) is 35.0 Å². The Morgan fingerprint density at radius 1 is 1.12 bits per heavy atom. The van der Waals surface area contributed by atoms with Crippen LogP contribution < -0.4 is 5.32 Å². The minimum atomic E-state index is -0.405. The molecule has 1 N–H and O–H groups in total. The van der Waals surface area contributed by atoms with Crippen molar-refractivity contribution in [3.63, 3.8) is 0 Å². The highest BCUT2D eigenvalue weighted by Crippen LogP contribution is 2.21. The number of nitrogens with zero attached hydrogens (tertiary/aromatic N) is 1. The number of carbonyl (C=O) groups is 2. The summed E-state index contributed by atoms with van der Waals surface area (Å²) in [6, 6.07) is 14.5. The van der Waals surface area contributed by atoms with Crippen LogP contribution in [0.25, 0.3) is 10.9 Å². The third-order valence-electron chi connectivity index (χ3n) is 3.64. The van der Waals surface area contributed by atoms with Crippen LogP contribution in [0, 0.1) is 0 Å². The zero-order valence-electron chi connectivity index (χ0n) is 13.0. The van der Waals surface area contributed by atoms with Gasteiger partial charge >= 0.3 is 5.97 Å². The Labute approximate surface area is 147 Å². The first-order chi connectivity index (χ1) is 11.6. The molecule has 0 atom stereocenters. The number of rotatable bonds is 4. The van der Waals surface area contributed by atoms with Gasteiger partial charge in [-0.3, -0.25) is 4.79 Å². The summed E-state index contributed by atoms with van der Waals surface area (Å²) in [6.45, 7) is 0.207. The third-order valence-corrected chi connectivity index (χ3v) is 4.13. The fraction of sp³-hybridized carbons (Fsp3) is 0.111. The number of aromatic nitrogens is 1. The molecule has 5 nitrogen and oxygen atoms in total. The maximum Gasteiger partial charge on any atom is 0.337 e. The van der Waals surface area contributed by atoms with Crippen molar-refractivity contribution in [3.8, 4) is 0 Å². The van der Waals surface area contributed by atoms with E-state index < -0.39 is 5.97 Å². The molecule has 0 saturated heterocycles. The summed E-state index contributed by atoms with van der Waals surface area (Å²) in [5.41, 5.74) is 2.06. The number of halogens is 1. The Bertz CT molecular complexity index is 900. The van der Waals surface area contributed by atoms with Gasteiger partial charge in [0.05, 0.1) is 12.7 Å². The van der Waals surface area contributed by atoms with Gasteiger partial charge in [-0.2, -0.15) is 0 Å². The maximum absolute atomic E-state index is 12.2. The zero-order valence-corrected chi connectivity index (χ0v) is 14.5. The van der Waals surface area contributed by atoms with Gasteiger partial charge in [-0.25, -0.2) is 4.79 Å². The molecule has 0 fully saturated rings. The van der Waals surface area contributed by atoms with Crippen LogP contribution in [0.2, 0.25) is 0 Å². The predicted octanol–water partition coefficient (Wildman–Crippen LogP) is 3.83. The number of hydrogen-bond donors (Lipinski definition) is 1. The molecular formula is C18H15BrN2O3. The van der Waals surface area contributed by atoms with E-state index in [0.29, 0.717) is 11.3 Å². The summed E-state index contributed by atoms with van der Waals surface area (Å²) in [6.07, 6.45) is 1.89. The molecule has 0 radical (unpaired) electrons. The number of methoxy groups -OCH3 is 1. The molecule has 1 heterocycles. The normalized spacial score (nSPS) is 10.6. The van der Waals surface area contributed by atoms with Crippen molar-refractivity contribution in [2.45, 2.75) is 6.54 Å². The number of amides is 1. The Hall–Kier alpha value is -2.60. The summed E-state index contributed by atoms with van der Waals surface area (Å²) in [5, 5.41) is 3.90. The van der Waals surface area contributed by atoms with E-state index in [2.05, 4.69) is 26.0 Å². The summed E-state index contributed by atoms with van der Waals surface area (Å²) < 4.78 is 7.50. The van der Waals surface area contributed by atoms with Crippen LogP contribution in [0.1, 0.15) is 10.4 Å². The van der Waals surface area contributed by atoms with Crippen LogP contribution in [-0.4, -0.2) is 23.6 Å². The van der Waals surface area contributed by atoms with Crippen molar-refractivity contribution >= 4 is 44.4 Å². The van der Waals surface area contributed by atoms with Crippen molar-refractivity contribution in [1.29, 1.82) is 0 Å². The first kappa shape index (κ1) is 16.3. The summed E-state index contributed by atoms with van der Waals surface area (Å²) >= 11 is 3.44. The van der Waals surface area contributed by atoms with Gasteiger partial charge in [-0.1, -0.05) is 22.0 Å². The topological polar surface area (TPSA) is 60.3 Å². The van der Waals surface area contributed by atoms with E-state index >= 15 is 0 Å². The van der Waals surface area contributed by atoms with Gasteiger partial charge in [0.1, 0.15) is 6.54 Å². The minimum absolute atomic E-state index is 0.140. The standard InChI is InChI=1S/C18H15BrN2O3/c1-24-18(23)13-3-6-15(7-4-13)20-17(22)11-21-9-8-12-2-5-14(19)10-16(12)21/h2-10H,11H2,1H3,(H,20,22). The fourth-order valence-corrected chi connectivity index (χ4v) is 2.81. The first-order valence-corrected chi connectivity index (χ1v) is 8.09. The van der Waals surface area contributed by atoms with Gasteiger partial charge in [0.15, 0.2) is 0 Å². The van der Waals surface area contributed by atoms with E-state index in [1.165, 1.54) is 7.11 Å². The fourth-order valence-electron chi connectivity index (χ4n) is 2.46. The van der Waals surface area contributed by atoms with Crippen LogP contribution in [0.15, 0.2) is 59.2 Å². The second kappa shape index (κ2) is 6.88. The molecule has 0 aliphatic rings. The van der Waals surface area contributed by atoms with E-state index in [0.717, 1.165) is 15.4 Å². The molecule has 2 aromatic carbocycles. The lowest BCUT2D eigenvalue weighted by atomic mass is 10.2. The number of fused-ring (bicyclic) bond motifs is 1. The Morgan fingerprint density at radius 2 is 1.88 bits per heavy atom. The van der Waals surface area contributed by atoms with Gasteiger partial charge in [-0.05, 0) is 47.9 Å². The highest BCUT2D eigenvalue weighted by molar-refractivity contribution is 9.10. The molecule has 6 heteroatoms. The van der Waals surface area contributed by atoms with Gasteiger partial charge in [0, 0.05) is 21.9 Å². The lowest BCUT2D eigenvalue weighted by Gasteiger charge is -2.08. The van der Waals surface area contributed by atoms with Crippen LogP contribution in [-0.2, 0) is 16.1 Å². The van der Waals surface area contributed by atoms with Crippen molar-refractivity contribution in [3.05, 3.63) is 64.8 Å². The Balaban J connectivity index is 1.71. The van der Waals surface area contributed by atoms with Gasteiger partial charge in [0.2, 0.25) is 5.91 Å². The molecule has 0 unspecified atom stereocenters. The SMILES string of the molecule is COC(=O)c1ccc(NC(=O)Cn2ccc3ccc(Br)cc32)cc1. The number of esters is 1. The molecular weight excluding hydrogens is 372 g/mol. The van der Waals surface area contributed by atoms with Crippen LogP contribution >= 0.6 is 15.9 Å². The molecule has 0 saturated carbocycles. The van der Waals surface area contributed by atoms with E-state index in [4.69, 9.17) is 0 Å². The van der Waals surface area contributed by atoms with Gasteiger partial charge < -0.3 is 14.6 Å². The van der Waals surface area contributed by atoms with Crippen LogP contribution in [0.4, 0.5) is 5.69 Å². The zero-order chi connectivity index (χ0) is 17.1. The molecule has 0 bridgehead atoms. The van der Waals surface area contributed by atoms with Gasteiger partial charge in [0.25, 0.3) is 0 Å². The quantitative estimate of drug-likeness (QED) is 0.693. The van der Waals surface area contributed by atoms with Crippen molar-refractivity contribution in [1.82, 2.24) is 4.57 Å². The second-order valence-electron chi connectivity index (χ2n) is 5.26. The molecule has 122 valence electrons. The van der Waals surface area contributed by atoms with Gasteiger partial charge in [-0.15, -0.1) is 0 Å². The third kappa shape index (κ3) is 3.49. The molecule has 3 rings (SSSR count). The molecule has 0 spiro atoms. The number of benzene rings is 2. The lowest BCUT2D eigenvalue weighted by Crippen LogP contribution is -2.18. The number of anilines is 1. The number of hydrogen-bond acceptors (Lipinski definition) is 3. The molecule has 0 aliphatic heterocycles. The highest BCUT2D eigenvalue weighted by Gasteiger charge is 2.09. The molecule has 3 aromatic rings. The number of ether oxygens (including phenoxy) is 1. The summed E-state index contributed by atoms with van der Waals surface area (Å²) in [5.74, 6) is -0.546. The van der Waals surface area contributed by atoms with Crippen molar-refractivity contribution in [2.75, 3.05) is 12.4 Å². The van der Waals surface area contributed by atoms with E-state index in [9.17, 15) is 9.59 Å². The summed E-state index contributed by atoms with van der Waals surface area (Å²) in [4.78, 5) is 23.6. The van der Waals surface area contributed by atoms with E-state index in [-0.39, 0.29) is 12.5 Å². The second-order valence-corrected chi connectivity index (χ2v) is 6.18. The average molecular weight is 387 g/mol. The monoisotopic (exact) mass is 386 g/mol. The van der Waals surface area contributed by atoms with Crippen LogP contribution in [0.5, 0.6) is 0 Å².